The van der Waals surface area contributed by atoms with Gasteiger partial charge >= 0.3 is 0 Å². The van der Waals surface area contributed by atoms with E-state index in [-0.39, 0.29) is 5.41 Å². The summed E-state index contributed by atoms with van der Waals surface area (Å²) in [5, 5.41) is 0. The molecule has 0 N–H and O–H groups in total. The van der Waals surface area contributed by atoms with Gasteiger partial charge in [0.1, 0.15) is 0 Å². The Kier molecular flexibility index (Phi) is 5.56. The summed E-state index contributed by atoms with van der Waals surface area (Å²) in [6.07, 6.45) is 0. The van der Waals surface area contributed by atoms with Crippen LogP contribution in [0, 0.1) is 13.8 Å². The summed E-state index contributed by atoms with van der Waals surface area (Å²) in [5.41, 5.74) is 16.1. The van der Waals surface area contributed by atoms with Crippen molar-refractivity contribution in [1.29, 1.82) is 0 Å². The number of hydrogen-bond donors (Lipinski definition) is 0. The molecule has 0 heterocycles. The fourth-order valence-corrected chi connectivity index (χ4v) is 6.59. The number of aryl methyl sites for hydroxylation is 2. The third kappa shape index (κ3) is 3.60. The van der Waals surface area contributed by atoms with E-state index >= 15 is 0 Å². The maximum atomic E-state index is 2.40. The Bertz CT molecular complexity index is 1740. The van der Waals surface area contributed by atoms with Crippen molar-refractivity contribution in [3.63, 3.8) is 0 Å². The highest BCUT2D eigenvalue weighted by atomic mass is 14.5. The molecule has 0 bridgehead atoms. The fraction of sp³-hybridized carbons (Fsp3) is 0.0769. The lowest BCUT2D eigenvalue weighted by molar-refractivity contribution is 0.792. The van der Waals surface area contributed by atoms with Gasteiger partial charge in [0.25, 0.3) is 0 Å². The van der Waals surface area contributed by atoms with Crippen molar-refractivity contribution < 1.29 is 0 Å². The van der Waals surface area contributed by atoms with Crippen LogP contribution < -0.4 is 0 Å². The zero-order chi connectivity index (χ0) is 26.4. The van der Waals surface area contributed by atoms with E-state index in [1.165, 1.54) is 66.8 Å². The maximum Gasteiger partial charge on any atom is 0.0725 e. The molecule has 0 aliphatic heterocycles. The molecule has 2 aliphatic carbocycles. The van der Waals surface area contributed by atoms with E-state index in [0.29, 0.717) is 0 Å². The molecule has 0 radical (unpaired) electrons. The van der Waals surface area contributed by atoms with Crippen LogP contribution >= 0.6 is 0 Å². The van der Waals surface area contributed by atoms with E-state index in [2.05, 4.69) is 153 Å². The van der Waals surface area contributed by atoms with E-state index in [9.17, 15) is 0 Å². The fourth-order valence-electron chi connectivity index (χ4n) is 6.59. The van der Waals surface area contributed by atoms with Crippen LogP contribution in [-0.4, -0.2) is 0 Å². The van der Waals surface area contributed by atoms with Crippen molar-refractivity contribution >= 4 is 0 Å². The molecular formula is C39H30. The molecule has 0 saturated carbocycles. The molecule has 0 unspecified atom stereocenters. The quantitative estimate of drug-likeness (QED) is 0.211. The average molecular weight is 499 g/mol. The molecule has 0 amide bonds. The first-order valence-corrected chi connectivity index (χ1v) is 13.7. The molecule has 2 aliphatic rings. The van der Waals surface area contributed by atoms with Crippen LogP contribution in [0.1, 0.15) is 33.4 Å². The number of fused-ring (bicyclic) bond motifs is 10. The Hall–Kier alpha value is -4.68. The topological polar surface area (TPSA) is 0 Å². The normalized spacial score (nSPS) is 13.1. The largest absolute Gasteiger partial charge is 0.0725 e. The monoisotopic (exact) mass is 498 g/mol. The van der Waals surface area contributed by atoms with Crippen molar-refractivity contribution in [1.82, 2.24) is 0 Å². The minimum atomic E-state index is -0.189. The van der Waals surface area contributed by atoms with Crippen LogP contribution in [0.4, 0.5) is 0 Å². The summed E-state index contributed by atoms with van der Waals surface area (Å²) in [5.74, 6) is 0. The van der Waals surface area contributed by atoms with Crippen LogP contribution in [-0.2, 0) is 5.41 Å². The summed E-state index contributed by atoms with van der Waals surface area (Å²) in [6, 6.07) is 52.8. The third-order valence-corrected chi connectivity index (χ3v) is 8.31. The van der Waals surface area contributed by atoms with Gasteiger partial charge in [-0.2, -0.15) is 0 Å². The van der Waals surface area contributed by atoms with Crippen molar-refractivity contribution in [3.8, 4) is 33.4 Å². The van der Waals surface area contributed by atoms with Gasteiger partial charge in [-0.1, -0.05) is 157 Å². The summed E-state index contributed by atoms with van der Waals surface area (Å²) < 4.78 is 0. The minimum absolute atomic E-state index is 0.189. The first-order chi connectivity index (χ1) is 19.2. The lowest BCUT2D eigenvalue weighted by atomic mass is 9.70. The Balaban J connectivity index is 0.000000164. The predicted molar refractivity (Wildman–Crippen MR) is 164 cm³/mol. The highest BCUT2D eigenvalue weighted by molar-refractivity contribution is 5.94. The van der Waals surface area contributed by atoms with Crippen molar-refractivity contribution in [2.24, 2.45) is 0 Å². The Labute approximate surface area is 231 Å². The zero-order valence-electron chi connectivity index (χ0n) is 22.4. The molecular weight excluding hydrogens is 468 g/mol. The second kappa shape index (κ2) is 9.26. The molecule has 0 saturated heterocycles. The summed E-state index contributed by atoms with van der Waals surface area (Å²) in [7, 11) is 0. The Morgan fingerprint density at radius 2 is 0.744 bits per heavy atom. The molecule has 39 heavy (non-hydrogen) atoms. The highest BCUT2D eigenvalue weighted by Gasteiger charge is 2.51. The highest BCUT2D eigenvalue weighted by Crippen LogP contribution is 2.62. The van der Waals surface area contributed by atoms with Crippen molar-refractivity contribution in [2.45, 2.75) is 19.3 Å². The average Bonchev–Trinajstić information content (AvgIpc) is 3.45. The molecule has 6 aromatic carbocycles. The predicted octanol–water partition coefficient (Wildman–Crippen LogP) is 10.0. The van der Waals surface area contributed by atoms with Gasteiger partial charge in [-0.3, -0.25) is 0 Å². The molecule has 8 rings (SSSR count). The van der Waals surface area contributed by atoms with Crippen LogP contribution in [0.15, 0.2) is 146 Å². The maximum absolute atomic E-state index is 2.40. The van der Waals surface area contributed by atoms with E-state index in [4.69, 9.17) is 0 Å². The van der Waals surface area contributed by atoms with Gasteiger partial charge in [-0.25, -0.2) is 0 Å². The lowest BCUT2D eigenvalue weighted by Gasteiger charge is -2.30. The summed E-state index contributed by atoms with van der Waals surface area (Å²) >= 11 is 0. The van der Waals surface area contributed by atoms with Gasteiger partial charge in [0.15, 0.2) is 0 Å². The molecule has 0 aromatic heterocycles. The van der Waals surface area contributed by atoms with Gasteiger partial charge in [0, 0.05) is 0 Å². The second-order valence-corrected chi connectivity index (χ2v) is 10.7. The molecule has 0 nitrogen and oxygen atoms in total. The van der Waals surface area contributed by atoms with Gasteiger partial charge < -0.3 is 0 Å². The molecule has 186 valence electrons. The van der Waals surface area contributed by atoms with E-state index < -0.39 is 0 Å². The molecule has 0 fully saturated rings. The van der Waals surface area contributed by atoms with E-state index in [1.54, 1.807) is 0 Å². The van der Waals surface area contributed by atoms with E-state index in [1.807, 2.05) is 6.07 Å². The first-order valence-electron chi connectivity index (χ1n) is 13.7. The van der Waals surface area contributed by atoms with Gasteiger partial charge in [-0.05, 0) is 69.5 Å². The van der Waals surface area contributed by atoms with Gasteiger partial charge in [0.2, 0.25) is 0 Å². The van der Waals surface area contributed by atoms with Crippen molar-refractivity contribution in [3.05, 3.63) is 179 Å². The molecule has 1 spiro atoms. The minimum Gasteiger partial charge on any atom is -0.0622 e. The van der Waals surface area contributed by atoms with E-state index in [0.717, 1.165) is 0 Å². The van der Waals surface area contributed by atoms with Crippen LogP contribution in [0.3, 0.4) is 0 Å². The second-order valence-electron chi connectivity index (χ2n) is 10.7. The Morgan fingerprint density at radius 1 is 0.333 bits per heavy atom. The van der Waals surface area contributed by atoms with Gasteiger partial charge in [0.05, 0.1) is 5.41 Å². The lowest BCUT2D eigenvalue weighted by Crippen LogP contribution is -2.25. The molecule has 6 aromatic rings. The summed E-state index contributed by atoms with van der Waals surface area (Å²) in [4.78, 5) is 0. The number of hydrogen-bond acceptors (Lipinski definition) is 0. The third-order valence-electron chi connectivity index (χ3n) is 8.31. The zero-order valence-corrected chi connectivity index (χ0v) is 22.4. The van der Waals surface area contributed by atoms with Crippen LogP contribution in [0.25, 0.3) is 33.4 Å². The SMILES string of the molecule is Cc1ccc(-c2ccccc2)cc1.Cc1ccc2c(c1)C1(c3ccccc3-c3ccccc31)c1ccccc1-2. The van der Waals surface area contributed by atoms with Gasteiger partial charge in [-0.15, -0.1) is 0 Å². The molecule has 0 atom stereocenters. The first kappa shape index (κ1) is 23.4. The molecule has 0 heteroatoms. The smallest absolute Gasteiger partial charge is 0.0622 e. The number of rotatable bonds is 1. The number of benzene rings is 6. The standard InChI is InChI=1S/C26H18.C13H12/c1-17-14-15-21-20-10-4-7-13-24(20)26(25(21)16-17)22-11-5-2-8-18(22)19-9-3-6-12-23(19)26;1-11-7-9-13(10-8-11)12-5-3-2-4-6-12/h2-16H,1H3;2-10H,1H3. The Morgan fingerprint density at radius 3 is 1.28 bits per heavy atom. The van der Waals surface area contributed by atoms with Crippen LogP contribution in [0.5, 0.6) is 0 Å². The van der Waals surface area contributed by atoms with Crippen LogP contribution in [0.2, 0.25) is 0 Å². The summed E-state index contributed by atoms with van der Waals surface area (Å²) in [6.45, 7) is 4.30. The van der Waals surface area contributed by atoms with Crippen molar-refractivity contribution in [2.75, 3.05) is 0 Å².